The van der Waals surface area contributed by atoms with Crippen molar-refractivity contribution in [2.45, 2.75) is 38.5 Å². The van der Waals surface area contributed by atoms with Gasteiger partial charge in [-0.2, -0.15) is 0 Å². The molecule has 4 heteroatoms. The normalized spacial score (nSPS) is 28.2. The lowest BCUT2D eigenvalue weighted by molar-refractivity contribution is -0.152. The second-order valence-electron chi connectivity index (χ2n) is 5.02. The first-order chi connectivity index (χ1) is 8.61. The molecule has 0 amide bonds. The third kappa shape index (κ3) is 2.47. The maximum Gasteiger partial charge on any atom is 0.311 e. The largest absolute Gasteiger partial charge is 0.481 e. The summed E-state index contributed by atoms with van der Waals surface area (Å²) < 4.78 is 0. The van der Waals surface area contributed by atoms with Gasteiger partial charge in [-0.05, 0) is 37.7 Å². The minimum absolute atomic E-state index is 0.309. The summed E-state index contributed by atoms with van der Waals surface area (Å²) >= 11 is 0. The quantitative estimate of drug-likeness (QED) is 0.790. The second-order valence-corrected chi connectivity index (χ2v) is 5.02. The van der Waals surface area contributed by atoms with Crippen LogP contribution >= 0.6 is 0 Å². The summed E-state index contributed by atoms with van der Waals surface area (Å²) in [6, 6.07) is 0. The maximum absolute atomic E-state index is 11.4. The van der Waals surface area contributed by atoms with Crippen molar-refractivity contribution in [3.8, 4) is 0 Å². The molecule has 98 valence electrons. The van der Waals surface area contributed by atoms with E-state index in [4.69, 9.17) is 5.11 Å². The van der Waals surface area contributed by atoms with Crippen molar-refractivity contribution >= 4 is 11.9 Å². The molecule has 2 rings (SSSR count). The van der Waals surface area contributed by atoms with Gasteiger partial charge in [-0.15, -0.1) is 0 Å². The number of rotatable bonds is 2. The SMILES string of the molecule is O=C(O)C1CC=CC(=C2CCCCC2)C1C(=O)O. The van der Waals surface area contributed by atoms with Gasteiger partial charge >= 0.3 is 11.9 Å². The van der Waals surface area contributed by atoms with Crippen LogP contribution in [0.25, 0.3) is 0 Å². The lowest BCUT2D eigenvalue weighted by atomic mass is 9.75. The van der Waals surface area contributed by atoms with Gasteiger partial charge < -0.3 is 10.2 Å². The van der Waals surface area contributed by atoms with Crippen LogP contribution in [-0.4, -0.2) is 22.2 Å². The van der Waals surface area contributed by atoms with E-state index in [9.17, 15) is 14.7 Å². The molecule has 1 saturated carbocycles. The van der Waals surface area contributed by atoms with Crippen molar-refractivity contribution in [1.29, 1.82) is 0 Å². The summed E-state index contributed by atoms with van der Waals surface area (Å²) in [6.07, 6.45) is 9.11. The average Bonchev–Trinajstić information content (AvgIpc) is 2.38. The lowest BCUT2D eigenvalue weighted by Crippen LogP contribution is -2.33. The lowest BCUT2D eigenvalue weighted by Gasteiger charge is -2.28. The predicted molar refractivity (Wildman–Crippen MR) is 66.1 cm³/mol. The summed E-state index contributed by atoms with van der Waals surface area (Å²) in [7, 11) is 0. The molecule has 0 saturated heterocycles. The van der Waals surface area contributed by atoms with Crippen molar-refractivity contribution in [2.75, 3.05) is 0 Å². The van der Waals surface area contributed by atoms with E-state index >= 15 is 0 Å². The Hall–Kier alpha value is -1.58. The summed E-state index contributed by atoms with van der Waals surface area (Å²) in [5.41, 5.74) is 1.90. The minimum Gasteiger partial charge on any atom is -0.481 e. The standard InChI is InChI=1S/C14H18O4/c15-13(16)11-8-4-7-10(12(11)14(17)18)9-5-2-1-3-6-9/h4,7,11-12H,1-3,5-6,8H2,(H,15,16)(H,17,18). The van der Waals surface area contributed by atoms with Crippen molar-refractivity contribution in [2.24, 2.45) is 11.8 Å². The molecule has 0 aromatic heterocycles. The monoisotopic (exact) mass is 250 g/mol. The Kier molecular flexibility index (Phi) is 3.84. The van der Waals surface area contributed by atoms with Gasteiger partial charge in [0.25, 0.3) is 0 Å². The van der Waals surface area contributed by atoms with Crippen LogP contribution in [0.1, 0.15) is 38.5 Å². The van der Waals surface area contributed by atoms with E-state index in [1.807, 2.05) is 6.08 Å². The molecule has 2 aliphatic carbocycles. The van der Waals surface area contributed by atoms with Gasteiger partial charge in [0.2, 0.25) is 0 Å². The number of hydrogen-bond donors (Lipinski definition) is 2. The zero-order valence-corrected chi connectivity index (χ0v) is 10.3. The highest BCUT2D eigenvalue weighted by molar-refractivity contribution is 5.84. The molecule has 4 nitrogen and oxygen atoms in total. The first kappa shape index (κ1) is 12.9. The van der Waals surface area contributed by atoms with Gasteiger partial charge in [-0.25, -0.2) is 0 Å². The van der Waals surface area contributed by atoms with Gasteiger partial charge in [0.05, 0.1) is 11.8 Å². The third-order valence-electron chi connectivity index (χ3n) is 3.87. The van der Waals surface area contributed by atoms with Gasteiger partial charge in [-0.3, -0.25) is 9.59 Å². The minimum atomic E-state index is -1.01. The first-order valence-corrected chi connectivity index (χ1v) is 6.45. The molecule has 0 radical (unpaired) electrons. The van der Waals surface area contributed by atoms with Gasteiger partial charge in [-0.1, -0.05) is 24.1 Å². The van der Waals surface area contributed by atoms with Gasteiger partial charge in [0, 0.05) is 0 Å². The van der Waals surface area contributed by atoms with Crippen LogP contribution in [0.5, 0.6) is 0 Å². The van der Waals surface area contributed by atoms with Crippen LogP contribution in [0.3, 0.4) is 0 Å². The van der Waals surface area contributed by atoms with E-state index in [2.05, 4.69) is 0 Å². The fourth-order valence-electron chi connectivity index (χ4n) is 2.95. The summed E-state index contributed by atoms with van der Waals surface area (Å²) in [5, 5.41) is 18.5. The number of allylic oxidation sites excluding steroid dienone is 3. The topological polar surface area (TPSA) is 74.6 Å². The van der Waals surface area contributed by atoms with Gasteiger partial charge in [0.1, 0.15) is 0 Å². The molecule has 0 bridgehead atoms. The van der Waals surface area contributed by atoms with E-state index in [0.29, 0.717) is 6.42 Å². The fourth-order valence-corrected chi connectivity index (χ4v) is 2.95. The number of hydrogen-bond acceptors (Lipinski definition) is 2. The molecule has 0 heterocycles. The van der Waals surface area contributed by atoms with E-state index in [-0.39, 0.29) is 0 Å². The predicted octanol–water partition coefficient (Wildman–Crippen LogP) is 2.61. The molecule has 2 atom stereocenters. The smallest absolute Gasteiger partial charge is 0.311 e. The third-order valence-corrected chi connectivity index (χ3v) is 3.87. The Morgan fingerprint density at radius 3 is 2.28 bits per heavy atom. The Bertz CT molecular complexity index is 412. The number of aliphatic carboxylic acids is 2. The maximum atomic E-state index is 11.4. The molecule has 0 aromatic carbocycles. The van der Waals surface area contributed by atoms with Crippen molar-refractivity contribution in [1.82, 2.24) is 0 Å². The summed E-state index contributed by atoms with van der Waals surface area (Å²) in [6.45, 7) is 0. The molecule has 0 aromatic rings. The average molecular weight is 250 g/mol. The van der Waals surface area contributed by atoms with Crippen LogP contribution in [0.15, 0.2) is 23.3 Å². The Balaban J connectivity index is 2.37. The molecular weight excluding hydrogens is 232 g/mol. The van der Waals surface area contributed by atoms with Crippen molar-refractivity contribution < 1.29 is 19.8 Å². The molecule has 1 fully saturated rings. The highest BCUT2D eigenvalue weighted by Crippen LogP contribution is 2.37. The van der Waals surface area contributed by atoms with E-state index in [0.717, 1.165) is 36.8 Å². The van der Waals surface area contributed by atoms with Crippen LogP contribution in [0, 0.1) is 11.8 Å². The number of carbonyl (C=O) groups is 2. The second kappa shape index (κ2) is 5.38. The number of carboxylic acids is 2. The Labute approximate surface area is 106 Å². The van der Waals surface area contributed by atoms with Gasteiger partial charge in [0.15, 0.2) is 0 Å². The van der Waals surface area contributed by atoms with E-state index in [1.54, 1.807) is 6.08 Å². The molecule has 0 aliphatic heterocycles. The Morgan fingerprint density at radius 2 is 1.72 bits per heavy atom. The van der Waals surface area contributed by atoms with Crippen LogP contribution in [0.2, 0.25) is 0 Å². The van der Waals surface area contributed by atoms with E-state index in [1.165, 1.54) is 6.42 Å². The highest BCUT2D eigenvalue weighted by Gasteiger charge is 2.38. The zero-order chi connectivity index (χ0) is 13.1. The molecular formula is C14H18O4. The van der Waals surface area contributed by atoms with Crippen molar-refractivity contribution in [3.63, 3.8) is 0 Å². The number of carboxylic acid groups (broad SMARTS) is 2. The Morgan fingerprint density at radius 1 is 1.06 bits per heavy atom. The molecule has 2 aliphatic rings. The summed E-state index contributed by atoms with van der Waals surface area (Å²) in [5.74, 6) is -3.72. The zero-order valence-electron chi connectivity index (χ0n) is 10.3. The van der Waals surface area contributed by atoms with Crippen LogP contribution < -0.4 is 0 Å². The van der Waals surface area contributed by atoms with Crippen LogP contribution in [-0.2, 0) is 9.59 Å². The summed E-state index contributed by atoms with van der Waals surface area (Å²) in [4.78, 5) is 22.6. The van der Waals surface area contributed by atoms with E-state index < -0.39 is 23.8 Å². The molecule has 0 spiro atoms. The molecule has 18 heavy (non-hydrogen) atoms. The molecule has 2 N–H and O–H groups in total. The van der Waals surface area contributed by atoms with Crippen molar-refractivity contribution in [3.05, 3.63) is 23.3 Å². The molecule has 2 unspecified atom stereocenters. The first-order valence-electron chi connectivity index (χ1n) is 6.45. The highest BCUT2D eigenvalue weighted by atomic mass is 16.4. The van der Waals surface area contributed by atoms with Crippen LogP contribution in [0.4, 0.5) is 0 Å². The fraction of sp³-hybridized carbons (Fsp3) is 0.571.